The number of nitrogens with zero attached hydrogens (tertiary/aromatic N) is 1. The summed E-state index contributed by atoms with van der Waals surface area (Å²) < 4.78 is 0. The lowest BCUT2D eigenvalue weighted by Crippen LogP contribution is -2.08. The van der Waals surface area contributed by atoms with E-state index in [1.54, 1.807) is 0 Å². The van der Waals surface area contributed by atoms with Crippen molar-refractivity contribution in [2.45, 2.75) is 52.5 Å². The van der Waals surface area contributed by atoms with Gasteiger partial charge in [-0.3, -0.25) is 4.99 Å². The molecule has 0 spiro atoms. The van der Waals surface area contributed by atoms with Gasteiger partial charge in [-0.15, -0.1) is 0 Å². The van der Waals surface area contributed by atoms with Crippen LogP contribution < -0.4 is 0 Å². The molecule has 0 rings (SSSR count). The molecule has 0 aromatic heterocycles. The number of hydrogen-bond acceptors (Lipinski definition) is 2. The predicted octanol–water partition coefficient (Wildman–Crippen LogP) is 2.96. The smallest absolute Gasteiger partial charge is 0.0727 e. The molecule has 0 aliphatic rings. The highest BCUT2D eigenvalue weighted by atomic mass is 16.3. The van der Waals surface area contributed by atoms with Crippen molar-refractivity contribution < 1.29 is 5.11 Å². The fourth-order valence-electron chi connectivity index (χ4n) is 1.10. The summed E-state index contributed by atoms with van der Waals surface area (Å²) >= 11 is 0. The molecule has 1 atom stereocenters. The lowest BCUT2D eigenvalue weighted by molar-refractivity contribution is 0.264. The molecule has 14 heavy (non-hydrogen) atoms. The van der Waals surface area contributed by atoms with Crippen LogP contribution in [-0.2, 0) is 0 Å². The van der Waals surface area contributed by atoms with Gasteiger partial charge in [0.05, 0.1) is 12.6 Å². The van der Waals surface area contributed by atoms with Crippen LogP contribution in [0, 0.1) is 0 Å². The van der Waals surface area contributed by atoms with Gasteiger partial charge in [-0.25, -0.2) is 0 Å². The second-order valence-electron chi connectivity index (χ2n) is 3.44. The summed E-state index contributed by atoms with van der Waals surface area (Å²) in [7, 11) is 0. The first-order chi connectivity index (χ1) is 6.78. The maximum Gasteiger partial charge on any atom is 0.0727 e. The van der Waals surface area contributed by atoms with Crippen LogP contribution in [0.2, 0.25) is 0 Å². The SMILES string of the molecule is CCC/C=C(/C=NC(CC)CO)CC. The zero-order valence-corrected chi connectivity index (χ0v) is 9.66. The van der Waals surface area contributed by atoms with Crippen molar-refractivity contribution in [3.05, 3.63) is 11.6 Å². The average molecular weight is 197 g/mol. The van der Waals surface area contributed by atoms with Crippen molar-refractivity contribution in [2.24, 2.45) is 4.99 Å². The highest BCUT2D eigenvalue weighted by Crippen LogP contribution is 2.03. The third-order valence-corrected chi connectivity index (χ3v) is 2.24. The molecular formula is C12H23NO. The van der Waals surface area contributed by atoms with Crippen molar-refractivity contribution in [1.82, 2.24) is 0 Å². The fourth-order valence-corrected chi connectivity index (χ4v) is 1.10. The van der Waals surface area contributed by atoms with E-state index in [0.29, 0.717) is 0 Å². The lowest BCUT2D eigenvalue weighted by Gasteiger charge is -2.04. The molecule has 0 saturated heterocycles. The molecule has 0 heterocycles. The van der Waals surface area contributed by atoms with E-state index in [9.17, 15) is 0 Å². The molecule has 0 amide bonds. The average Bonchev–Trinajstić information content (AvgIpc) is 2.23. The van der Waals surface area contributed by atoms with E-state index in [1.165, 1.54) is 12.0 Å². The Hall–Kier alpha value is -0.630. The van der Waals surface area contributed by atoms with Crippen LogP contribution in [0.5, 0.6) is 0 Å². The van der Waals surface area contributed by atoms with Gasteiger partial charge >= 0.3 is 0 Å². The molecule has 0 aliphatic heterocycles. The molecule has 82 valence electrons. The number of hydrogen-bond donors (Lipinski definition) is 1. The highest BCUT2D eigenvalue weighted by Gasteiger charge is 1.99. The van der Waals surface area contributed by atoms with Gasteiger partial charge < -0.3 is 5.11 Å². The number of aliphatic imine (C=N–C) groups is 1. The highest BCUT2D eigenvalue weighted by molar-refractivity contribution is 5.78. The summed E-state index contributed by atoms with van der Waals surface area (Å²) in [6, 6.07) is 0.0755. The third-order valence-electron chi connectivity index (χ3n) is 2.24. The molecular weight excluding hydrogens is 174 g/mol. The molecule has 1 unspecified atom stereocenters. The van der Waals surface area contributed by atoms with E-state index < -0.39 is 0 Å². The minimum Gasteiger partial charge on any atom is -0.394 e. The monoisotopic (exact) mass is 197 g/mol. The van der Waals surface area contributed by atoms with Crippen molar-refractivity contribution in [3.8, 4) is 0 Å². The van der Waals surface area contributed by atoms with Gasteiger partial charge in [-0.05, 0) is 24.8 Å². The van der Waals surface area contributed by atoms with Crippen LogP contribution >= 0.6 is 0 Å². The van der Waals surface area contributed by atoms with Crippen LogP contribution in [0.25, 0.3) is 0 Å². The maximum absolute atomic E-state index is 8.95. The van der Waals surface area contributed by atoms with Crippen LogP contribution in [0.3, 0.4) is 0 Å². The van der Waals surface area contributed by atoms with Crippen molar-refractivity contribution in [2.75, 3.05) is 6.61 Å². The Balaban J connectivity index is 4.14. The summed E-state index contributed by atoms with van der Waals surface area (Å²) in [4.78, 5) is 4.34. The van der Waals surface area contributed by atoms with Gasteiger partial charge in [0.1, 0.15) is 0 Å². The molecule has 0 bridgehead atoms. The zero-order valence-electron chi connectivity index (χ0n) is 9.66. The Morgan fingerprint density at radius 1 is 1.36 bits per heavy atom. The molecule has 1 N–H and O–H groups in total. The standard InChI is InChI=1S/C12H23NO/c1-4-7-8-11(5-2)9-13-12(6-3)10-14/h8-9,12,14H,4-7,10H2,1-3H3/b11-8+,13-9?. The van der Waals surface area contributed by atoms with E-state index in [2.05, 4.69) is 24.9 Å². The number of aliphatic hydroxyl groups is 1. The zero-order chi connectivity index (χ0) is 10.8. The summed E-state index contributed by atoms with van der Waals surface area (Å²) in [5.74, 6) is 0. The number of unbranched alkanes of at least 4 members (excludes halogenated alkanes) is 1. The van der Waals surface area contributed by atoms with E-state index in [4.69, 9.17) is 5.11 Å². The molecule has 2 heteroatoms. The normalized spacial score (nSPS) is 15.0. The Labute approximate surface area is 87.8 Å². The van der Waals surface area contributed by atoms with Crippen LogP contribution in [0.1, 0.15) is 46.5 Å². The third kappa shape index (κ3) is 5.92. The Morgan fingerprint density at radius 3 is 2.50 bits per heavy atom. The molecule has 0 aliphatic carbocycles. The van der Waals surface area contributed by atoms with Gasteiger partial charge in [0.25, 0.3) is 0 Å². The minimum absolute atomic E-state index is 0.0755. The molecule has 0 aromatic rings. The van der Waals surface area contributed by atoms with Crippen molar-refractivity contribution in [3.63, 3.8) is 0 Å². The van der Waals surface area contributed by atoms with Crippen LogP contribution in [-0.4, -0.2) is 24.0 Å². The van der Waals surface area contributed by atoms with Crippen LogP contribution in [0.15, 0.2) is 16.6 Å². The summed E-state index contributed by atoms with van der Waals surface area (Å²) in [5.41, 5.74) is 1.28. The number of aliphatic hydroxyl groups excluding tert-OH is 1. The first-order valence-corrected chi connectivity index (χ1v) is 5.61. The number of allylic oxidation sites excluding steroid dienone is 2. The molecule has 0 fully saturated rings. The molecule has 0 radical (unpaired) electrons. The maximum atomic E-state index is 8.95. The second-order valence-corrected chi connectivity index (χ2v) is 3.44. The largest absolute Gasteiger partial charge is 0.394 e. The van der Waals surface area contributed by atoms with Gasteiger partial charge in [-0.1, -0.05) is 33.3 Å². The van der Waals surface area contributed by atoms with Crippen LogP contribution in [0.4, 0.5) is 0 Å². The van der Waals surface area contributed by atoms with Gasteiger partial charge in [-0.2, -0.15) is 0 Å². The van der Waals surface area contributed by atoms with Gasteiger partial charge in [0.2, 0.25) is 0 Å². The fraction of sp³-hybridized carbons (Fsp3) is 0.750. The predicted molar refractivity (Wildman–Crippen MR) is 62.9 cm³/mol. The van der Waals surface area contributed by atoms with E-state index in [1.807, 2.05) is 13.1 Å². The Bertz CT molecular complexity index is 181. The molecule has 2 nitrogen and oxygen atoms in total. The Morgan fingerprint density at radius 2 is 2.07 bits per heavy atom. The van der Waals surface area contributed by atoms with Gasteiger partial charge in [0, 0.05) is 6.21 Å². The Kier molecular flexibility index (Phi) is 8.54. The van der Waals surface area contributed by atoms with Crippen molar-refractivity contribution in [1.29, 1.82) is 0 Å². The summed E-state index contributed by atoms with van der Waals surface area (Å²) in [6.45, 7) is 6.49. The van der Waals surface area contributed by atoms with Gasteiger partial charge in [0.15, 0.2) is 0 Å². The minimum atomic E-state index is 0.0755. The van der Waals surface area contributed by atoms with E-state index in [-0.39, 0.29) is 12.6 Å². The molecule has 0 aromatic carbocycles. The second kappa shape index (κ2) is 8.95. The summed E-state index contributed by atoms with van der Waals surface area (Å²) in [6.07, 6.45) is 8.36. The van der Waals surface area contributed by atoms with Crippen molar-refractivity contribution >= 4 is 6.21 Å². The lowest BCUT2D eigenvalue weighted by atomic mass is 10.1. The first-order valence-electron chi connectivity index (χ1n) is 5.61. The quantitative estimate of drug-likeness (QED) is 0.625. The first kappa shape index (κ1) is 13.4. The number of rotatable bonds is 7. The van der Waals surface area contributed by atoms with E-state index in [0.717, 1.165) is 19.3 Å². The molecule has 0 saturated carbocycles. The topological polar surface area (TPSA) is 32.6 Å². The van der Waals surface area contributed by atoms with E-state index >= 15 is 0 Å². The summed E-state index contributed by atoms with van der Waals surface area (Å²) in [5, 5.41) is 8.95.